The molecule has 1 aromatic carbocycles. The van der Waals surface area contributed by atoms with Crippen molar-refractivity contribution < 1.29 is 10.0 Å². The van der Waals surface area contributed by atoms with Gasteiger partial charge in [0, 0.05) is 10.4 Å². The average Bonchev–Trinajstić information content (AvgIpc) is 2.70. The molecule has 2 aromatic rings. The molecule has 2 rings (SSSR count). The van der Waals surface area contributed by atoms with E-state index in [4.69, 9.17) is 0 Å². The number of hydrogen-bond acceptors (Lipinski definition) is 4. The number of thiophene rings is 1. The summed E-state index contributed by atoms with van der Waals surface area (Å²) in [6.07, 6.45) is 2.06. The third-order valence-electron chi connectivity index (χ3n) is 2.50. The number of hydrogen-bond donors (Lipinski definition) is 2. The van der Waals surface area contributed by atoms with Crippen LogP contribution in [0.3, 0.4) is 0 Å². The molecule has 5 heteroatoms. The lowest BCUT2D eigenvalue weighted by molar-refractivity contribution is 0.426. The smallest absolute Gasteiger partial charge is 0.423 e. The van der Waals surface area contributed by atoms with Crippen molar-refractivity contribution in [3.05, 3.63) is 35.2 Å². The molecular weight excluding hydrogens is 251 g/mol. The first-order valence-corrected chi connectivity index (χ1v) is 7.27. The van der Waals surface area contributed by atoms with Crippen LogP contribution in [-0.2, 0) is 0 Å². The van der Waals surface area contributed by atoms with E-state index in [1.54, 1.807) is 29.2 Å². The van der Waals surface area contributed by atoms with Crippen molar-refractivity contribution in [2.75, 3.05) is 6.26 Å². The maximum atomic E-state index is 9.18. The molecule has 0 saturated heterocycles. The van der Waals surface area contributed by atoms with Gasteiger partial charge in [-0.2, -0.15) is 0 Å². The molecular formula is C12H13BO2S2. The largest absolute Gasteiger partial charge is 0.488 e. The molecule has 0 spiro atoms. The van der Waals surface area contributed by atoms with Gasteiger partial charge in [0.1, 0.15) is 0 Å². The van der Waals surface area contributed by atoms with E-state index >= 15 is 0 Å². The van der Waals surface area contributed by atoms with Gasteiger partial charge in [-0.15, -0.1) is 23.1 Å². The Hall–Kier alpha value is -0.745. The van der Waals surface area contributed by atoms with Crippen LogP contribution in [0, 0.1) is 6.92 Å². The van der Waals surface area contributed by atoms with Gasteiger partial charge in [0.25, 0.3) is 0 Å². The summed E-state index contributed by atoms with van der Waals surface area (Å²) in [5.41, 5.74) is 2.73. The minimum Gasteiger partial charge on any atom is -0.423 e. The van der Waals surface area contributed by atoms with Crippen LogP contribution in [0.15, 0.2) is 34.5 Å². The van der Waals surface area contributed by atoms with Crippen molar-refractivity contribution in [2.24, 2.45) is 0 Å². The second-order valence-electron chi connectivity index (χ2n) is 3.76. The number of thioether (sulfide) groups is 1. The van der Waals surface area contributed by atoms with Crippen molar-refractivity contribution in [1.29, 1.82) is 0 Å². The fourth-order valence-electron chi connectivity index (χ4n) is 1.71. The van der Waals surface area contributed by atoms with E-state index in [9.17, 15) is 10.0 Å². The SMILES string of the molecule is CSc1sc(C)cc1-c1cccc(B(O)O)c1. The van der Waals surface area contributed by atoms with E-state index in [0.29, 0.717) is 5.46 Å². The van der Waals surface area contributed by atoms with Gasteiger partial charge in [0.05, 0.1) is 4.21 Å². The molecule has 2 nitrogen and oxygen atoms in total. The lowest BCUT2D eigenvalue weighted by Gasteiger charge is -2.04. The molecule has 0 amide bonds. The second kappa shape index (κ2) is 5.27. The van der Waals surface area contributed by atoms with E-state index in [1.807, 2.05) is 18.2 Å². The Morgan fingerprint density at radius 2 is 2.00 bits per heavy atom. The summed E-state index contributed by atoms with van der Waals surface area (Å²) in [6, 6.07) is 9.52. The Balaban J connectivity index is 2.48. The van der Waals surface area contributed by atoms with Crippen LogP contribution in [-0.4, -0.2) is 23.4 Å². The van der Waals surface area contributed by atoms with Crippen LogP contribution >= 0.6 is 23.1 Å². The summed E-state index contributed by atoms with van der Waals surface area (Å²) in [5, 5.41) is 18.4. The first-order valence-electron chi connectivity index (χ1n) is 5.22. The summed E-state index contributed by atoms with van der Waals surface area (Å²) < 4.78 is 1.26. The fourth-order valence-corrected chi connectivity index (χ4v) is 3.59. The molecule has 0 fully saturated rings. The van der Waals surface area contributed by atoms with Crippen LogP contribution in [0.2, 0.25) is 0 Å². The second-order valence-corrected chi connectivity index (χ2v) is 6.09. The third-order valence-corrected chi connectivity index (χ3v) is 4.69. The zero-order valence-corrected chi connectivity index (χ0v) is 11.3. The van der Waals surface area contributed by atoms with E-state index < -0.39 is 7.12 Å². The molecule has 0 bridgehead atoms. The van der Waals surface area contributed by atoms with Crippen LogP contribution in [0.1, 0.15) is 4.88 Å². The molecule has 2 N–H and O–H groups in total. The van der Waals surface area contributed by atoms with E-state index in [1.165, 1.54) is 14.6 Å². The molecule has 88 valence electrons. The maximum absolute atomic E-state index is 9.18. The highest BCUT2D eigenvalue weighted by atomic mass is 32.2. The van der Waals surface area contributed by atoms with Crippen LogP contribution in [0.5, 0.6) is 0 Å². The predicted octanol–water partition coefficient (Wildman–Crippen LogP) is 2.13. The monoisotopic (exact) mass is 264 g/mol. The highest BCUT2D eigenvalue weighted by Gasteiger charge is 2.13. The van der Waals surface area contributed by atoms with Crippen LogP contribution in [0.25, 0.3) is 11.1 Å². The Labute approximate surface area is 109 Å². The summed E-state index contributed by atoms with van der Waals surface area (Å²) in [4.78, 5) is 1.26. The van der Waals surface area contributed by atoms with Gasteiger partial charge in [-0.1, -0.05) is 24.3 Å². The Morgan fingerprint density at radius 3 is 2.65 bits per heavy atom. The number of benzene rings is 1. The maximum Gasteiger partial charge on any atom is 0.488 e. The van der Waals surface area contributed by atoms with Gasteiger partial charge >= 0.3 is 7.12 Å². The topological polar surface area (TPSA) is 40.5 Å². The minimum absolute atomic E-state index is 0.526. The molecule has 0 aliphatic heterocycles. The van der Waals surface area contributed by atoms with Gasteiger partial charge in [-0.3, -0.25) is 0 Å². The Morgan fingerprint density at radius 1 is 1.24 bits per heavy atom. The van der Waals surface area contributed by atoms with Crippen LogP contribution in [0.4, 0.5) is 0 Å². The molecule has 1 heterocycles. The van der Waals surface area contributed by atoms with Crippen molar-refractivity contribution in [3.8, 4) is 11.1 Å². The lowest BCUT2D eigenvalue weighted by atomic mass is 9.79. The summed E-state index contributed by atoms with van der Waals surface area (Å²) in [7, 11) is -1.41. The van der Waals surface area contributed by atoms with Crippen molar-refractivity contribution in [1.82, 2.24) is 0 Å². The average molecular weight is 264 g/mol. The fraction of sp³-hybridized carbons (Fsp3) is 0.167. The minimum atomic E-state index is -1.41. The van der Waals surface area contributed by atoms with Crippen molar-refractivity contribution >= 4 is 35.7 Å². The number of rotatable bonds is 3. The standard InChI is InChI=1S/C12H13BO2S2/c1-8-6-11(12(16-2)17-8)9-4-3-5-10(7-9)13(14)15/h3-7,14-15H,1-2H3. The lowest BCUT2D eigenvalue weighted by Crippen LogP contribution is -2.29. The summed E-state index contributed by atoms with van der Waals surface area (Å²) in [5.74, 6) is 0. The third kappa shape index (κ3) is 2.74. The zero-order chi connectivity index (χ0) is 12.4. The van der Waals surface area contributed by atoms with E-state index in [0.717, 1.165) is 5.56 Å². The first kappa shape index (κ1) is 12.7. The first-order chi connectivity index (χ1) is 8.11. The Kier molecular flexibility index (Phi) is 3.94. The molecule has 1 aromatic heterocycles. The quantitative estimate of drug-likeness (QED) is 0.659. The van der Waals surface area contributed by atoms with E-state index in [2.05, 4.69) is 19.2 Å². The summed E-state index contributed by atoms with van der Waals surface area (Å²) >= 11 is 3.48. The van der Waals surface area contributed by atoms with Gasteiger partial charge in [0.2, 0.25) is 0 Å². The molecule has 0 aliphatic rings. The van der Waals surface area contributed by atoms with Gasteiger partial charge < -0.3 is 10.0 Å². The highest BCUT2D eigenvalue weighted by Crippen LogP contribution is 2.37. The van der Waals surface area contributed by atoms with Crippen molar-refractivity contribution in [2.45, 2.75) is 11.1 Å². The number of aryl methyl sites for hydroxylation is 1. The van der Waals surface area contributed by atoms with Gasteiger partial charge in [-0.05, 0) is 30.3 Å². The molecule has 0 aliphatic carbocycles. The van der Waals surface area contributed by atoms with Crippen LogP contribution < -0.4 is 5.46 Å². The molecule has 17 heavy (non-hydrogen) atoms. The highest BCUT2D eigenvalue weighted by molar-refractivity contribution is 8.00. The molecule has 0 atom stereocenters. The van der Waals surface area contributed by atoms with Crippen molar-refractivity contribution in [3.63, 3.8) is 0 Å². The van der Waals surface area contributed by atoms with Gasteiger partial charge in [0.15, 0.2) is 0 Å². The Bertz CT molecular complexity index is 523. The normalized spacial score (nSPS) is 10.6. The summed E-state index contributed by atoms with van der Waals surface area (Å²) in [6.45, 7) is 2.08. The van der Waals surface area contributed by atoms with Gasteiger partial charge in [-0.25, -0.2) is 0 Å². The molecule has 0 saturated carbocycles. The zero-order valence-electron chi connectivity index (χ0n) is 9.68. The molecule has 0 unspecified atom stereocenters. The molecule has 0 radical (unpaired) electrons. The predicted molar refractivity (Wildman–Crippen MR) is 76.1 cm³/mol. The van der Waals surface area contributed by atoms with E-state index in [-0.39, 0.29) is 0 Å².